The predicted molar refractivity (Wildman–Crippen MR) is 154 cm³/mol. The van der Waals surface area contributed by atoms with Crippen LogP contribution in [0.4, 0.5) is 32.7 Å². The average molecular weight is 619 g/mol. The summed E-state index contributed by atoms with van der Waals surface area (Å²) in [5.41, 5.74) is 2.94. The monoisotopic (exact) mass is 618 g/mol. The molecule has 2 aliphatic carbocycles. The third kappa shape index (κ3) is 5.75. The molecule has 0 spiro atoms. The lowest BCUT2D eigenvalue weighted by molar-refractivity contribution is -0.161. The van der Waals surface area contributed by atoms with Crippen LogP contribution in [-0.2, 0) is 11.3 Å². The number of alkyl halides is 4. The van der Waals surface area contributed by atoms with E-state index in [2.05, 4.69) is 4.98 Å². The number of anilines is 1. The van der Waals surface area contributed by atoms with Crippen molar-refractivity contribution in [1.29, 1.82) is 0 Å². The zero-order valence-electron chi connectivity index (χ0n) is 25.0. The van der Waals surface area contributed by atoms with Crippen molar-refractivity contribution in [1.82, 2.24) is 14.9 Å². The third-order valence-electron chi connectivity index (χ3n) is 8.97. The van der Waals surface area contributed by atoms with Gasteiger partial charge in [0.1, 0.15) is 23.8 Å². The zero-order valence-corrected chi connectivity index (χ0v) is 25.0. The molecule has 2 saturated heterocycles. The fraction of sp³-hybridized carbons (Fsp3) is 0.531. The Morgan fingerprint density at radius 3 is 2.50 bits per heavy atom. The van der Waals surface area contributed by atoms with E-state index in [4.69, 9.17) is 14.5 Å². The highest BCUT2D eigenvalue weighted by molar-refractivity contribution is 5.75. The summed E-state index contributed by atoms with van der Waals surface area (Å²) in [4.78, 5) is 25.5. The molecule has 0 bridgehead atoms. The molecule has 0 N–H and O–H groups in total. The Kier molecular flexibility index (Phi) is 7.82. The van der Waals surface area contributed by atoms with Crippen molar-refractivity contribution in [3.63, 3.8) is 0 Å². The third-order valence-corrected chi connectivity index (χ3v) is 8.97. The second-order valence-corrected chi connectivity index (χ2v) is 12.4. The van der Waals surface area contributed by atoms with Crippen molar-refractivity contribution in [2.45, 2.75) is 77.0 Å². The van der Waals surface area contributed by atoms with Gasteiger partial charge < -0.3 is 14.4 Å². The fourth-order valence-electron chi connectivity index (χ4n) is 6.20. The van der Waals surface area contributed by atoms with E-state index in [0.717, 1.165) is 18.4 Å². The predicted octanol–water partition coefficient (Wildman–Crippen LogP) is 7.13. The number of rotatable bonds is 8. The molecular weight excluding hydrogens is 583 g/mol. The average Bonchev–Trinajstić information content (AvgIpc) is 3.77. The van der Waals surface area contributed by atoms with Gasteiger partial charge in [-0.15, -0.1) is 0 Å². The van der Waals surface area contributed by atoms with Gasteiger partial charge in [0.05, 0.1) is 44.4 Å². The Labute approximate surface area is 252 Å². The molecular formula is C32H35F5N4O3. The van der Waals surface area contributed by atoms with E-state index in [1.54, 1.807) is 30.2 Å². The minimum absolute atomic E-state index is 0.0685. The maximum atomic E-state index is 14.9. The van der Waals surface area contributed by atoms with Crippen molar-refractivity contribution in [3.8, 4) is 16.9 Å². The first-order chi connectivity index (χ1) is 20.8. The standard InChI is InChI=1S/C32H35F5N4O3/c1-16(2)23-10-24(28(43-4)11-26(23)34)25-12-38-30(40-13-22(33)14-40)39-27(25)15-41-17(3)29(44-31(41)42)20-7-19(18-5-6-18)8-21(9-20)32(35,36)37/h7,9-12,16-18,21-22,29H,5-6,8,13-15H2,1-4H3. The highest BCUT2D eigenvalue weighted by atomic mass is 19.4. The highest BCUT2D eigenvalue weighted by Crippen LogP contribution is 2.47. The van der Waals surface area contributed by atoms with Crippen LogP contribution in [0, 0.1) is 17.7 Å². The van der Waals surface area contributed by atoms with E-state index in [1.807, 2.05) is 13.8 Å². The van der Waals surface area contributed by atoms with E-state index in [-0.39, 0.29) is 49.6 Å². The number of nitrogens with zero attached hydrogens (tertiary/aromatic N) is 4. The Hall–Kier alpha value is -3.70. The molecule has 1 aromatic carbocycles. The topological polar surface area (TPSA) is 67.8 Å². The van der Waals surface area contributed by atoms with E-state index in [1.165, 1.54) is 24.2 Å². The minimum atomic E-state index is -4.41. The van der Waals surface area contributed by atoms with Crippen LogP contribution in [0.15, 0.2) is 41.6 Å². The molecule has 2 aromatic rings. The molecule has 12 heteroatoms. The smallest absolute Gasteiger partial charge is 0.411 e. The lowest BCUT2D eigenvalue weighted by atomic mass is 9.84. The second-order valence-electron chi connectivity index (χ2n) is 12.4. The summed E-state index contributed by atoms with van der Waals surface area (Å²) < 4.78 is 81.4. The first-order valence-electron chi connectivity index (χ1n) is 14.9. The summed E-state index contributed by atoms with van der Waals surface area (Å²) in [6.07, 6.45) is -0.831. The van der Waals surface area contributed by atoms with Gasteiger partial charge in [0.25, 0.3) is 0 Å². The largest absolute Gasteiger partial charge is 0.496 e. The number of carbonyl (C=O) groups is 1. The summed E-state index contributed by atoms with van der Waals surface area (Å²) in [6.45, 7) is 5.65. The molecule has 1 saturated carbocycles. The number of aromatic nitrogens is 2. The Bertz CT molecular complexity index is 1510. The van der Waals surface area contributed by atoms with Crippen LogP contribution in [0.1, 0.15) is 57.2 Å². The van der Waals surface area contributed by atoms with Crippen LogP contribution in [0.25, 0.3) is 11.1 Å². The van der Waals surface area contributed by atoms with Crippen LogP contribution in [-0.4, -0.2) is 65.7 Å². The maximum absolute atomic E-state index is 14.9. The van der Waals surface area contributed by atoms with Crippen molar-refractivity contribution in [2.24, 2.45) is 11.8 Å². The van der Waals surface area contributed by atoms with Crippen LogP contribution in [0.2, 0.25) is 0 Å². The molecule has 7 nitrogen and oxygen atoms in total. The van der Waals surface area contributed by atoms with Gasteiger partial charge in [-0.3, -0.25) is 4.90 Å². The van der Waals surface area contributed by atoms with Gasteiger partial charge in [0.15, 0.2) is 0 Å². The van der Waals surface area contributed by atoms with Crippen molar-refractivity contribution < 1.29 is 36.2 Å². The van der Waals surface area contributed by atoms with Crippen LogP contribution in [0.5, 0.6) is 5.75 Å². The summed E-state index contributed by atoms with van der Waals surface area (Å²) in [6, 6.07) is 2.35. The Balaban J connectivity index is 1.36. The molecule has 44 heavy (non-hydrogen) atoms. The molecule has 236 valence electrons. The quantitative estimate of drug-likeness (QED) is 0.294. The van der Waals surface area contributed by atoms with Crippen molar-refractivity contribution in [3.05, 3.63) is 58.7 Å². The number of carbonyl (C=O) groups excluding carboxylic acids is 1. The number of allylic oxidation sites excluding steroid dienone is 2. The number of halogens is 5. The number of hydrogen-bond donors (Lipinski definition) is 0. The number of ether oxygens (including phenoxy) is 2. The highest BCUT2D eigenvalue weighted by Gasteiger charge is 2.46. The summed E-state index contributed by atoms with van der Waals surface area (Å²) >= 11 is 0. The van der Waals surface area contributed by atoms with Crippen LogP contribution < -0.4 is 9.64 Å². The van der Waals surface area contributed by atoms with E-state index < -0.39 is 42.3 Å². The molecule has 0 radical (unpaired) electrons. The van der Waals surface area contributed by atoms with Gasteiger partial charge >= 0.3 is 12.3 Å². The first-order valence-corrected chi connectivity index (χ1v) is 14.9. The van der Waals surface area contributed by atoms with Crippen molar-refractivity contribution in [2.75, 3.05) is 25.1 Å². The number of cyclic esters (lactones) is 1. The molecule has 4 aliphatic rings. The molecule has 3 fully saturated rings. The maximum Gasteiger partial charge on any atom is 0.411 e. The number of hydrogen-bond acceptors (Lipinski definition) is 6. The second kappa shape index (κ2) is 11.3. The number of amides is 1. The Morgan fingerprint density at radius 1 is 1.16 bits per heavy atom. The van der Waals surface area contributed by atoms with Gasteiger partial charge in [-0.1, -0.05) is 31.6 Å². The van der Waals surface area contributed by atoms with Gasteiger partial charge in [-0.2, -0.15) is 13.2 Å². The molecule has 1 aromatic heterocycles. The van der Waals surface area contributed by atoms with E-state index in [0.29, 0.717) is 28.0 Å². The lowest BCUT2D eigenvalue weighted by Gasteiger charge is -2.34. The molecule has 1 amide bonds. The Morgan fingerprint density at radius 2 is 1.89 bits per heavy atom. The summed E-state index contributed by atoms with van der Waals surface area (Å²) in [5, 5.41) is 0. The SMILES string of the molecule is COc1cc(F)c(C(C)C)cc1-c1cnc(N2CC(F)C2)nc1CN1C(=O)OC(C2=CC(C(F)(F)F)CC(C3CC3)=C2)C1C. The fourth-order valence-corrected chi connectivity index (χ4v) is 6.20. The van der Waals surface area contributed by atoms with E-state index in [9.17, 15) is 26.7 Å². The number of benzene rings is 1. The van der Waals surface area contributed by atoms with Gasteiger partial charge in [0.2, 0.25) is 5.95 Å². The molecule has 3 unspecified atom stereocenters. The molecule has 3 heterocycles. The summed E-state index contributed by atoms with van der Waals surface area (Å²) in [7, 11) is 1.42. The molecule has 2 aliphatic heterocycles. The zero-order chi connectivity index (χ0) is 31.5. The van der Waals surface area contributed by atoms with Gasteiger partial charge in [0, 0.05) is 23.4 Å². The van der Waals surface area contributed by atoms with Crippen LogP contribution in [0.3, 0.4) is 0 Å². The first kappa shape index (κ1) is 30.3. The lowest BCUT2D eigenvalue weighted by Crippen LogP contribution is -2.49. The van der Waals surface area contributed by atoms with E-state index >= 15 is 0 Å². The van der Waals surface area contributed by atoms with Crippen LogP contribution >= 0.6 is 0 Å². The molecule has 3 atom stereocenters. The summed E-state index contributed by atoms with van der Waals surface area (Å²) in [5.74, 6) is -1.54. The van der Waals surface area contributed by atoms with Gasteiger partial charge in [-0.05, 0) is 55.2 Å². The van der Waals surface area contributed by atoms with Crippen molar-refractivity contribution >= 4 is 12.0 Å². The molecule has 6 rings (SSSR count). The normalized spacial score (nSPS) is 24.3. The van der Waals surface area contributed by atoms with Gasteiger partial charge in [-0.25, -0.2) is 23.5 Å². The minimum Gasteiger partial charge on any atom is -0.496 e. The number of methoxy groups -OCH3 is 1.